The summed E-state index contributed by atoms with van der Waals surface area (Å²) in [6, 6.07) is 6.04. The molecule has 0 saturated heterocycles. The number of nitrogens with two attached hydrogens (primary N) is 1. The first-order valence-electron chi connectivity index (χ1n) is 5.62. The van der Waals surface area contributed by atoms with Crippen LogP contribution in [0.1, 0.15) is 32.8 Å². The number of nitrogens with zero attached hydrogens (tertiary/aromatic N) is 1. The van der Waals surface area contributed by atoms with Gasteiger partial charge in [-0.15, -0.1) is 0 Å². The van der Waals surface area contributed by atoms with Crippen molar-refractivity contribution in [3.8, 4) is 0 Å². The largest absolute Gasteiger partial charge is 0.389 e. The van der Waals surface area contributed by atoms with Crippen LogP contribution in [0.4, 0.5) is 5.69 Å². The summed E-state index contributed by atoms with van der Waals surface area (Å²) in [6.45, 7) is 6.59. The minimum Gasteiger partial charge on any atom is -0.389 e. The molecule has 0 aromatic heterocycles. The monoisotopic (exact) mass is 314 g/mol. The van der Waals surface area contributed by atoms with Gasteiger partial charge in [-0.05, 0) is 38.5 Å². The molecule has 0 fully saturated rings. The fraction of sp³-hybridized carbons (Fsp3) is 0.462. The molecule has 0 aliphatic rings. The maximum absolute atomic E-state index is 5.79. The van der Waals surface area contributed by atoms with Crippen LogP contribution in [0.5, 0.6) is 0 Å². The average Bonchev–Trinajstić information content (AvgIpc) is 2.28. The van der Waals surface area contributed by atoms with Crippen molar-refractivity contribution in [1.82, 2.24) is 0 Å². The topological polar surface area (TPSA) is 29.3 Å². The maximum Gasteiger partial charge on any atom is 0.106 e. The molecule has 1 aromatic rings. The zero-order valence-corrected chi connectivity index (χ0v) is 13.2. The molecule has 0 aliphatic carbocycles. The quantitative estimate of drug-likeness (QED) is 0.859. The van der Waals surface area contributed by atoms with E-state index in [1.54, 1.807) is 0 Å². The lowest BCUT2D eigenvalue weighted by Gasteiger charge is -2.38. The van der Waals surface area contributed by atoms with Crippen molar-refractivity contribution in [3.63, 3.8) is 0 Å². The standard InChI is InChI=1S/C13H19BrN2S/c1-5-13(2,3)16(4)11-7-6-9(14)8-10(11)12(15)17/h6-8H,5H2,1-4H3,(H2,15,17). The Kier molecular flexibility index (Phi) is 4.55. The summed E-state index contributed by atoms with van der Waals surface area (Å²) >= 11 is 8.57. The fourth-order valence-electron chi connectivity index (χ4n) is 1.56. The van der Waals surface area contributed by atoms with E-state index < -0.39 is 0 Å². The zero-order valence-electron chi connectivity index (χ0n) is 10.7. The molecule has 0 radical (unpaired) electrons. The third-order valence-corrected chi connectivity index (χ3v) is 4.07. The van der Waals surface area contributed by atoms with Gasteiger partial charge < -0.3 is 10.6 Å². The van der Waals surface area contributed by atoms with E-state index >= 15 is 0 Å². The van der Waals surface area contributed by atoms with E-state index in [2.05, 4.69) is 54.7 Å². The second kappa shape index (κ2) is 5.36. The smallest absolute Gasteiger partial charge is 0.106 e. The molecule has 0 bridgehead atoms. The van der Waals surface area contributed by atoms with Crippen molar-refractivity contribution < 1.29 is 0 Å². The maximum atomic E-state index is 5.79. The van der Waals surface area contributed by atoms with E-state index in [0.29, 0.717) is 4.99 Å². The van der Waals surface area contributed by atoms with Crippen LogP contribution in [-0.2, 0) is 0 Å². The van der Waals surface area contributed by atoms with Gasteiger partial charge in [0.2, 0.25) is 0 Å². The summed E-state index contributed by atoms with van der Waals surface area (Å²) in [4.78, 5) is 2.66. The molecular formula is C13H19BrN2S. The van der Waals surface area contributed by atoms with Gasteiger partial charge in [-0.1, -0.05) is 35.1 Å². The molecule has 0 heterocycles. The highest BCUT2D eigenvalue weighted by Gasteiger charge is 2.23. The number of anilines is 1. The first kappa shape index (κ1) is 14.5. The summed E-state index contributed by atoms with van der Waals surface area (Å²) < 4.78 is 0.992. The van der Waals surface area contributed by atoms with E-state index in [-0.39, 0.29) is 5.54 Å². The molecule has 0 saturated carbocycles. The molecule has 1 aromatic carbocycles. The van der Waals surface area contributed by atoms with Gasteiger partial charge in [-0.2, -0.15) is 0 Å². The van der Waals surface area contributed by atoms with E-state index in [9.17, 15) is 0 Å². The van der Waals surface area contributed by atoms with Crippen LogP contribution in [0.2, 0.25) is 0 Å². The van der Waals surface area contributed by atoms with Crippen LogP contribution in [0.25, 0.3) is 0 Å². The van der Waals surface area contributed by atoms with Crippen molar-refractivity contribution in [2.75, 3.05) is 11.9 Å². The molecular weight excluding hydrogens is 296 g/mol. The molecule has 0 unspecified atom stereocenters. The van der Waals surface area contributed by atoms with Gasteiger partial charge in [-0.3, -0.25) is 0 Å². The Balaban J connectivity index is 3.26. The van der Waals surface area contributed by atoms with Crippen LogP contribution in [0.3, 0.4) is 0 Å². The van der Waals surface area contributed by atoms with Crippen molar-refractivity contribution in [2.45, 2.75) is 32.7 Å². The number of benzene rings is 1. The second-order valence-electron chi connectivity index (χ2n) is 4.75. The number of hydrogen-bond donors (Lipinski definition) is 1. The summed E-state index contributed by atoms with van der Waals surface area (Å²) in [5.74, 6) is 0. The van der Waals surface area contributed by atoms with Crippen LogP contribution in [0.15, 0.2) is 22.7 Å². The molecule has 1 rings (SSSR count). The van der Waals surface area contributed by atoms with E-state index in [1.807, 2.05) is 12.1 Å². The van der Waals surface area contributed by atoms with Crippen LogP contribution >= 0.6 is 28.1 Å². The number of rotatable bonds is 4. The van der Waals surface area contributed by atoms with Gasteiger partial charge in [-0.25, -0.2) is 0 Å². The van der Waals surface area contributed by atoms with Crippen LogP contribution in [0, 0.1) is 0 Å². The average molecular weight is 315 g/mol. The molecule has 0 aliphatic heterocycles. The number of halogens is 1. The van der Waals surface area contributed by atoms with E-state index in [0.717, 1.165) is 22.1 Å². The van der Waals surface area contributed by atoms with Gasteiger partial charge >= 0.3 is 0 Å². The first-order valence-corrected chi connectivity index (χ1v) is 6.83. The zero-order chi connectivity index (χ0) is 13.2. The highest BCUT2D eigenvalue weighted by Crippen LogP contribution is 2.30. The summed E-state index contributed by atoms with van der Waals surface area (Å²) in [5, 5.41) is 0. The molecule has 0 atom stereocenters. The Bertz CT molecular complexity index is 429. The summed E-state index contributed by atoms with van der Waals surface area (Å²) in [5.41, 5.74) is 7.86. The minimum absolute atomic E-state index is 0.0767. The Hall–Kier alpha value is -0.610. The third kappa shape index (κ3) is 3.19. The highest BCUT2D eigenvalue weighted by molar-refractivity contribution is 9.10. The predicted octanol–water partition coefficient (Wildman–Crippen LogP) is 3.71. The number of hydrogen-bond acceptors (Lipinski definition) is 2. The van der Waals surface area contributed by atoms with Crippen molar-refractivity contribution >= 4 is 38.8 Å². The Morgan fingerprint density at radius 2 is 2.06 bits per heavy atom. The fourth-order valence-corrected chi connectivity index (χ4v) is 2.09. The molecule has 4 heteroatoms. The lowest BCUT2D eigenvalue weighted by molar-refractivity contribution is 0.470. The summed E-state index contributed by atoms with van der Waals surface area (Å²) in [7, 11) is 2.08. The Labute approximate surface area is 117 Å². The predicted molar refractivity (Wildman–Crippen MR) is 82.8 cm³/mol. The lowest BCUT2D eigenvalue weighted by Crippen LogP contribution is -2.41. The molecule has 2 nitrogen and oxygen atoms in total. The van der Waals surface area contributed by atoms with Crippen LogP contribution < -0.4 is 10.6 Å². The van der Waals surface area contributed by atoms with Gasteiger partial charge in [0.25, 0.3) is 0 Å². The van der Waals surface area contributed by atoms with Gasteiger partial charge in [0, 0.05) is 28.3 Å². The van der Waals surface area contributed by atoms with Gasteiger partial charge in [0.15, 0.2) is 0 Å². The normalized spacial score (nSPS) is 11.4. The van der Waals surface area contributed by atoms with E-state index in [4.69, 9.17) is 18.0 Å². The summed E-state index contributed by atoms with van der Waals surface area (Å²) in [6.07, 6.45) is 1.05. The lowest BCUT2D eigenvalue weighted by atomic mass is 9.98. The van der Waals surface area contributed by atoms with Gasteiger partial charge in [0.1, 0.15) is 4.99 Å². The third-order valence-electron chi connectivity index (χ3n) is 3.36. The Morgan fingerprint density at radius 1 is 1.47 bits per heavy atom. The molecule has 94 valence electrons. The minimum atomic E-state index is 0.0767. The molecule has 0 amide bonds. The Morgan fingerprint density at radius 3 is 2.53 bits per heavy atom. The molecule has 0 spiro atoms. The molecule has 2 N–H and O–H groups in total. The first-order chi connectivity index (χ1) is 7.79. The second-order valence-corrected chi connectivity index (χ2v) is 6.11. The highest BCUT2D eigenvalue weighted by atomic mass is 79.9. The molecule has 17 heavy (non-hydrogen) atoms. The van der Waals surface area contributed by atoms with E-state index in [1.165, 1.54) is 0 Å². The van der Waals surface area contributed by atoms with Crippen molar-refractivity contribution in [1.29, 1.82) is 0 Å². The van der Waals surface area contributed by atoms with Crippen molar-refractivity contribution in [2.24, 2.45) is 5.73 Å². The number of thiocarbonyl (C=S) groups is 1. The van der Waals surface area contributed by atoms with Crippen LogP contribution in [-0.4, -0.2) is 17.6 Å². The SMILES string of the molecule is CCC(C)(C)N(C)c1ccc(Br)cc1C(N)=S. The van der Waals surface area contributed by atoms with Gasteiger partial charge in [0.05, 0.1) is 0 Å². The van der Waals surface area contributed by atoms with Crippen molar-refractivity contribution in [3.05, 3.63) is 28.2 Å².